The van der Waals surface area contributed by atoms with Crippen molar-refractivity contribution < 1.29 is 4.79 Å². The highest BCUT2D eigenvalue weighted by molar-refractivity contribution is 8.00. The van der Waals surface area contributed by atoms with E-state index in [9.17, 15) is 4.79 Å². The predicted molar refractivity (Wildman–Crippen MR) is 64.1 cm³/mol. The van der Waals surface area contributed by atoms with Crippen molar-refractivity contribution in [3.05, 3.63) is 0 Å². The lowest BCUT2D eigenvalue weighted by Crippen LogP contribution is -2.46. The third-order valence-electron chi connectivity index (χ3n) is 3.37. The van der Waals surface area contributed by atoms with Gasteiger partial charge in [0, 0.05) is 17.3 Å². The summed E-state index contributed by atoms with van der Waals surface area (Å²) in [6, 6.07) is 0.484. The Kier molecular flexibility index (Phi) is 3.57. The first-order valence-electron chi connectivity index (χ1n) is 5.79. The summed E-state index contributed by atoms with van der Waals surface area (Å²) in [7, 11) is 0. The van der Waals surface area contributed by atoms with Gasteiger partial charge in [-0.15, -0.1) is 0 Å². The largest absolute Gasteiger partial charge is 0.352 e. The van der Waals surface area contributed by atoms with Crippen molar-refractivity contribution in [3.63, 3.8) is 0 Å². The highest BCUT2D eigenvalue weighted by Gasteiger charge is 2.35. The quantitative estimate of drug-likeness (QED) is 0.716. The van der Waals surface area contributed by atoms with Crippen molar-refractivity contribution in [1.82, 2.24) is 10.6 Å². The van der Waals surface area contributed by atoms with Gasteiger partial charge in [-0.25, -0.2) is 0 Å². The van der Waals surface area contributed by atoms with Gasteiger partial charge in [0.05, 0.1) is 6.54 Å². The Labute approximate surface area is 95.8 Å². The normalized spacial score (nSPS) is 23.3. The topological polar surface area (TPSA) is 41.1 Å². The number of hydrogen-bond acceptors (Lipinski definition) is 3. The fourth-order valence-electron chi connectivity index (χ4n) is 1.93. The zero-order valence-electron chi connectivity index (χ0n) is 9.34. The molecule has 0 aromatic rings. The van der Waals surface area contributed by atoms with Gasteiger partial charge in [0.15, 0.2) is 0 Å². The van der Waals surface area contributed by atoms with E-state index >= 15 is 0 Å². The fourth-order valence-corrected chi connectivity index (χ4v) is 2.88. The smallest absolute Gasteiger partial charge is 0.234 e. The van der Waals surface area contributed by atoms with Crippen molar-refractivity contribution in [2.45, 2.75) is 42.9 Å². The molecule has 1 amide bonds. The van der Waals surface area contributed by atoms with Crippen molar-refractivity contribution >= 4 is 17.7 Å². The molecular formula is C11H20N2OS. The molecule has 2 N–H and O–H groups in total. The molecule has 4 heteroatoms. The molecule has 0 unspecified atom stereocenters. The van der Waals surface area contributed by atoms with Crippen molar-refractivity contribution in [2.75, 3.05) is 19.3 Å². The molecule has 2 fully saturated rings. The van der Waals surface area contributed by atoms with Crippen LogP contribution in [0, 0.1) is 0 Å². The summed E-state index contributed by atoms with van der Waals surface area (Å²) in [4.78, 5) is 11.4. The summed E-state index contributed by atoms with van der Waals surface area (Å²) >= 11 is 1.94. The maximum atomic E-state index is 11.4. The summed E-state index contributed by atoms with van der Waals surface area (Å²) in [5, 5.41) is 6.27. The summed E-state index contributed by atoms with van der Waals surface area (Å²) in [5.74, 6) is 0.160. The number of nitrogens with one attached hydrogen (secondary N) is 2. The summed E-state index contributed by atoms with van der Waals surface area (Å²) < 4.78 is 0.430. The third kappa shape index (κ3) is 3.11. The van der Waals surface area contributed by atoms with E-state index in [4.69, 9.17) is 0 Å². The first kappa shape index (κ1) is 11.3. The van der Waals surface area contributed by atoms with Gasteiger partial charge in [-0.05, 0) is 31.9 Å². The van der Waals surface area contributed by atoms with E-state index < -0.39 is 0 Å². The fraction of sp³-hybridized carbons (Fsp3) is 0.909. The molecule has 2 saturated carbocycles. The second kappa shape index (κ2) is 4.74. The molecule has 2 aliphatic carbocycles. The van der Waals surface area contributed by atoms with Crippen LogP contribution in [0.25, 0.3) is 0 Å². The van der Waals surface area contributed by atoms with E-state index in [1.165, 1.54) is 32.1 Å². The Morgan fingerprint density at radius 3 is 2.67 bits per heavy atom. The number of hydrogen-bond donors (Lipinski definition) is 2. The minimum absolute atomic E-state index is 0.160. The molecule has 3 nitrogen and oxygen atoms in total. The average Bonchev–Trinajstić information content (AvgIpc) is 2.93. The summed E-state index contributed by atoms with van der Waals surface area (Å²) in [5.41, 5.74) is 0. The second-order valence-corrected chi connectivity index (χ2v) is 5.96. The number of thioether (sulfide) groups is 1. The Morgan fingerprint density at radius 1 is 1.47 bits per heavy atom. The molecule has 0 heterocycles. The van der Waals surface area contributed by atoms with E-state index in [0.717, 1.165) is 6.54 Å². The molecule has 0 spiro atoms. The van der Waals surface area contributed by atoms with Crippen molar-refractivity contribution in [2.24, 2.45) is 0 Å². The van der Waals surface area contributed by atoms with Gasteiger partial charge in [0.25, 0.3) is 0 Å². The van der Waals surface area contributed by atoms with E-state index in [1.807, 2.05) is 11.8 Å². The monoisotopic (exact) mass is 228 g/mol. The maximum Gasteiger partial charge on any atom is 0.234 e. The minimum atomic E-state index is 0.160. The molecule has 15 heavy (non-hydrogen) atoms. The number of carbonyl (C=O) groups excluding carboxylic acids is 1. The molecule has 0 aliphatic heterocycles. The molecule has 2 aliphatic rings. The molecule has 0 atom stereocenters. The van der Waals surface area contributed by atoms with Crippen LogP contribution in [-0.4, -0.2) is 36.0 Å². The lowest BCUT2D eigenvalue weighted by atomic mass is 9.84. The van der Waals surface area contributed by atoms with Gasteiger partial charge in [-0.1, -0.05) is 6.42 Å². The van der Waals surface area contributed by atoms with Crippen LogP contribution in [0.15, 0.2) is 0 Å². The molecule has 86 valence electrons. The van der Waals surface area contributed by atoms with Gasteiger partial charge in [0.1, 0.15) is 0 Å². The van der Waals surface area contributed by atoms with Crippen LogP contribution in [0.5, 0.6) is 0 Å². The van der Waals surface area contributed by atoms with E-state index in [-0.39, 0.29) is 5.91 Å². The van der Waals surface area contributed by atoms with E-state index in [2.05, 4.69) is 16.9 Å². The molecule has 0 radical (unpaired) electrons. The molecular weight excluding hydrogens is 208 g/mol. The molecule has 0 aromatic carbocycles. The van der Waals surface area contributed by atoms with Crippen LogP contribution in [-0.2, 0) is 4.79 Å². The van der Waals surface area contributed by atoms with Crippen LogP contribution in [0.2, 0.25) is 0 Å². The Morgan fingerprint density at radius 2 is 2.20 bits per heavy atom. The highest BCUT2D eigenvalue weighted by Crippen LogP contribution is 2.42. The Balaban J connectivity index is 1.58. The van der Waals surface area contributed by atoms with E-state index in [1.54, 1.807) is 0 Å². The Bertz CT molecular complexity index is 231. The lowest BCUT2D eigenvalue weighted by molar-refractivity contribution is -0.120. The summed E-state index contributed by atoms with van der Waals surface area (Å²) in [6.45, 7) is 1.46. The molecule has 0 saturated heterocycles. The first-order chi connectivity index (χ1) is 7.24. The van der Waals surface area contributed by atoms with Crippen LogP contribution in [0.3, 0.4) is 0 Å². The third-order valence-corrected chi connectivity index (χ3v) is 4.79. The molecule has 0 aromatic heterocycles. The van der Waals surface area contributed by atoms with Crippen LogP contribution < -0.4 is 10.6 Å². The zero-order chi connectivity index (χ0) is 10.7. The average molecular weight is 228 g/mol. The van der Waals surface area contributed by atoms with Gasteiger partial charge < -0.3 is 10.6 Å². The summed E-state index contributed by atoms with van der Waals surface area (Å²) in [6.07, 6.45) is 8.44. The lowest BCUT2D eigenvalue weighted by Gasteiger charge is -2.40. The SMILES string of the molecule is CSC1(CNCC(=O)NC2CC2)CCC1. The molecule has 0 bridgehead atoms. The van der Waals surface area contributed by atoms with Gasteiger partial charge in [0.2, 0.25) is 5.91 Å². The molecule has 2 rings (SSSR count). The first-order valence-corrected chi connectivity index (χ1v) is 7.02. The maximum absolute atomic E-state index is 11.4. The number of rotatable bonds is 6. The van der Waals surface area contributed by atoms with Crippen LogP contribution in [0.4, 0.5) is 0 Å². The van der Waals surface area contributed by atoms with Crippen LogP contribution >= 0.6 is 11.8 Å². The van der Waals surface area contributed by atoms with Crippen molar-refractivity contribution in [1.29, 1.82) is 0 Å². The number of carbonyl (C=O) groups is 1. The predicted octanol–water partition coefficient (Wildman–Crippen LogP) is 1.14. The van der Waals surface area contributed by atoms with E-state index in [0.29, 0.717) is 17.3 Å². The standard InChI is InChI=1S/C11H20N2OS/c1-15-11(5-2-6-11)8-12-7-10(14)13-9-3-4-9/h9,12H,2-8H2,1H3,(H,13,14). The Hall–Kier alpha value is -0.220. The second-order valence-electron chi connectivity index (χ2n) is 4.69. The highest BCUT2D eigenvalue weighted by atomic mass is 32.2. The van der Waals surface area contributed by atoms with Crippen molar-refractivity contribution in [3.8, 4) is 0 Å². The number of amides is 1. The van der Waals surface area contributed by atoms with Gasteiger partial charge in [-0.2, -0.15) is 11.8 Å². The zero-order valence-corrected chi connectivity index (χ0v) is 10.2. The van der Waals surface area contributed by atoms with Gasteiger partial charge >= 0.3 is 0 Å². The van der Waals surface area contributed by atoms with Gasteiger partial charge in [-0.3, -0.25) is 4.79 Å². The van der Waals surface area contributed by atoms with Crippen LogP contribution in [0.1, 0.15) is 32.1 Å². The minimum Gasteiger partial charge on any atom is -0.352 e.